The van der Waals surface area contributed by atoms with Crippen LogP contribution in [0.3, 0.4) is 0 Å². The molecule has 2 aromatic rings. The summed E-state index contributed by atoms with van der Waals surface area (Å²) in [5.41, 5.74) is 2.25. The maximum Gasteiger partial charge on any atom is 0.236 e. The molecule has 6 nitrogen and oxygen atoms in total. The number of carbonyl (C=O) groups excluding carboxylic acids is 1. The van der Waals surface area contributed by atoms with E-state index >= 15 is 0 Å². The average Bonchev–Trinajstić information content (AvgIpc) is 3.63. The van der Waals surface area contributed by atoms with E-state index in [1.54, 1.807) is 7.11 Å². The molecule has 1 heterocycles. The van der Waals surface area contributed by atoms with Crippen molar-refractivity contribution in [3.8, 4) is 17.2 Å². The first-order valence-electron chi connectivity index (χ1n) is 10.7. The number of benzene rings is 2. The summed E-state index contributed by atoms with van der Waals surface area (Å²) in [6.07, 6.45) is 2.40. The van der Waals surface area contributed by atoms with Gasteiger partial charge in [0.2, 0.25) is 5.91 Å². The number of hydrogen-bond acceptors (Lipinski definition) is 5. The van der Waals surface area contributed by atoms with Crippen molar-refractivity contribution < 1.29 is 19.0 Å². The van der Waals surface area contributed by atoms with Gasteiger partial charge in [-0.15, -0.1) is 0 Å². The van der Waals surface area contributed by atoms with Gasteiger partial charge in [0, 0.05) is 19.1 Å². The Morgan fingerprint density at radius 1 is 1.13 bits per heavy atom. The van der Waals surface area contributed by atoms with Gasteiger partial charge in [-0.05, 0) is 61.1 Å². The maximum absolute atomic E-state index is 12.9. The van der Waals surface area contributed by atoms with Crippen LogP contribution in [0, 0.1) is 5.92 Å². The highest BCUT2D eigenvalue weighted by atomic mass is 16.6. The van der Waals surface area contributed by atoms with E-state index in [0.717, 1.165) is 22.8 Å². The molecule has 1 saturated carbocycles. The van der Waals surface area contributed by atoms with E-state index < -0.39 is 0 Å². The van der Waals surface area contributed by atoms with Crippen LogP contribution >= 0.6 is 0 Å². The first kappa shape index (κ1) is 20.5. The summed E-state index contributed by atoms with van der Waals surface area (Å²) < 4.78 is 16.5. The molecule has 0 spiro atoms. The smallest absolute Gasteiger partial charge is 0.236 e. The van der Waals surface area contributed by atoms with Gasteiger partial charge in [-0.1, -0.05) is 18.2 Å². The van der Waals surface area contributed by atoms with E-state index in [4.69, 9.17) is 14.2 Å². The maximum atomic E-state index is 12.9. The number of carbonyl (C=O) groups is 1. The second-order valence-corrected chi connectivity index (χ2v) is 7.86. The molecule has 0 aromatic heterocycles. The van der Waals surface area contributed by atoms with E-state index in [9.17, 15) is 4.79 Å². The van der Waals surface area contributed by atoms with E-state index in [1.165, 1.54) is 18.4 Å². The summed E-state index contributed by atoms with van der Waals surface area (Å²) in [6.45, 7) is 4.69. The van der Waals surface area contributed by atoms with Crippen LogP contribution in [0.15, 0.2) is 42.5 Å². The molecular formula is C24H30N2O4. The molecule has 1 aliphatic carbocycles. The van der Waals surface area contributed by atoms with Crippen molar-refractivity contribution in [2.45, 2.75) is 32.4 Å². The summed E-state index contributed by atoms with van der Waals surface area (Å²) in [5, 5.41) is 3.51. The van der Waals surface area contributed by atoms with Gasteiger partial charge in [0.15, 0.2) is 11.5 Å². The summed E-state index contributed by atoms with van der Waals surface area (Å²) in [5.74, 6) is 3.08. The lowest BCUT2D eigenvalue weighted by molar-refractivity contribution is -0.130. The van der Waals surface area contributed by atoms with E-state index in [1.807, 2.05) is 42.2 Å². The third kappa shape index (κ3) is 4.87. The number of nitrogens with one attached hydrogen (secondary N) is 1. The number of rotatable bonds is 9. The fourth-order valence-electron chi connectivity index (χ4n) is 3.89. The molecule has 6 heteroatoms. The number of likely N-dealkylation sites (N-methyl/N-ethyl adjacent to an activating group) is 1. The second kappa shape index (κ2) is 9.39. The highest BCUT2D eigenvalue weighted by Gasteiger charge is 2.32. The van der Waals surface area contributed by atoms with Crippen molar-refractivity contribution in [3.05, 3.63) is 53.6 Å². The molecule has 2 aliphatic rings. The zero-order valence-corrected chi connectivity index (χ0v) is 17.7. The number of ether oxygens (including phenoxy) is 3. The Morgan fingerprint density at radius 2 is 1.87 bits per heavy atom. The molecule has 2 aromatic carbocycles. The predicted octanol–water partition coefficient (Wildman–Crippen LogP) is 3.56. The van der Waals surface area contributed by atoms with Gasteiger partial charge in [0.1, 0.15) is 19.0 Å². The van der Waals surface area contributed by atoms with Crippen molar-refractivity contribution in [1.29, 1.82) is 0 Å². The molecule has 4 rings (SSSR count). The van der Waals surface area contributed by atoms with Gasteiger partial charge in [-0.3, -0.25) is 4.79 Å². The number of methoxy groups -OCH3 is 1. The number of fused-ring (bicyclic) bond motifs is 1. The van der Waals surface area contributed by atoms with Crippen molar-refractivity contribution in [1.82, 2.24) is 10.2 Å². The summed E-state index contributed by atoms with van der Waals surface area (Å²) in [6, 6.07) is 14.2. The fourth-order valence-corrected chi connectivity index (χ4v) is 3.89. The van der Waals surface area contributed by atoms with Crippen LogP contribution in [0.2, 0.25) is 0 Å². The minimum Gasteiger partial charge on any atom is -0.497 e. The average molecular weight is 411 g/mol. The zero-order chi connectivity index (χ0) is 20.9. The summed E-state index contributed by atoms with van der Waals surface area (Å²) in [7, 11) is 1.67. The Morgan fingerprint density at radius 3 is 2.53 bits per heavy atom. The highest BCUT2D eigenvalue weighted by Crippen LogP contribution is 2.41. The van der Waals surface area contributed by atoms with Crippen LogP contribution in [0.1, 0.15) is 36.9 Å². The van der Waals surface area contributed by atoms with Crippen LogP contribution in [0.4, 0.5) is 0 Å². The van der Waals surface area contributed by atoms with Gasteiger partial charge >= 0.3 is 0 Å². The molecule has 0 saturated heterocycles. The first-order chi connectivity index (χ1) is 14.7. The molecule has 1 N–H and O–H groups in total. The van der Waals surface area contributed by atoms with Crippen LogP contribution in [0.5, 0.6) is 17.2 Å². The number of amides is 1. The predicted molar refractivity (Wildman–Crippen MR) is 115 cm³/mol. The molecule has 0 bridgehead atoms. The van der Waals surface area contributed by atoms with E-state index in [2.05, 4.69) is 17.4 Å². The van der Waals surface area contributed by atoms with Gasteiger partial charge in [0.05, 0.1) is 13.7 Å². The van der Waals surface area contributed by atoms with Crippen LogP contribution < -0.4 is 19.5 Å². The Kier molecular flexibility index (Phi) is 6.43. The minimum absolute atomic E-state index is 0.103. The lowest BCUT2D eigenvalue weighted by Gasteiger charge is -2.25. The normalized spacial score (nSPS) is 16.1. The van der Waals surface area contributed by atoms with Crippen LogP contribution in [-0.2, 0) is 11.3 Å². The van der Waals surface area contributed by atoms with Crippen LogP contribution in [0.25, 0.3) is 0 Å². The van der Waals surface area contributed by atoms with Crippen molar-refractivity contribution >= 4 is 5.91 Å². The quantitative estimate of drug-likeness (QED) is 0.685. The van der Waals surface area contributed by atoms with Crippen molar-refractivity contribution in [2.75, 3.05) is 33.4 Å². The van der Waals surface area contributed by atoms with Gasteiger partial charge in [0.25, 0.3) is 0 Å². The summed E-state index contributed by atoms with van der Waals surface area (Å²) in [4.78, 5) is 14.8. The topological polar surface area (TPSA) is 60.0 Å². The molecule has 0 radical (unpaired) electrons. The number of nitrogens with zero attached hydrogens (tertiary/aromatic N) is 1. The largest absolute Gasteiger partial charge is 0.497 e. The number of hydrogen-bond donors (Lipinski definition) is 1. The van der Waals surface area contributed by atoms with Gasteiger partial charge in [-0.25, -0.2) is 0 Å². The van der Waals surface area contributed by atoms with Crippen LogP contribution in [-0.4, -0.2) is 44.2 Å². The molecule has 30 heavy (non-hydrogen) atoms. The van der Waals surface area contributed by atoms with E-state index in [0.29, 0.717) is 38.8 Å². The Hall–Kier alpha value is -2.73. The molecular weight excluding hydrogens is 380 g/mol. The fraction of sp³-hybridized carbons (Fsp3) is 0.458. The SMILES string of the molecule is CCN(Cc1ccc2c(c1)OCCO2)C(=O)CNC(c1ccc(OC)cc1)C1CC1. The minimum atomic E-state index is 0.103. The van der Waals surface area contributed by atoms with Gasteiger partial charge < -0.3 is 24.4 Å². The summed E-state index contributed by atoms with van der Waals surface area (Å²) >= 11 is 0. The molecule has 1 amide bonds. The Bertz CT molecular complexity index is 864. The monoisotopic (exact) mass is 410 g/mol. The van der Waals surface area contributed by atoms with Crippen molar-refractivity contribution in [2.24, 2.45) is 5.92 Å². The molecule has 1 aliphatic heterocycles. The lowest BCUT2D eigenvalue weighted by Crippen LogP contribution is -2.39. The first-order valence-corrected chi connectivity index (χ1v) is 10.7. The standard InChI is InChI=1S/C24H30N2O4/c1-3-26(16-17-4-11-21-22(14-17)30-13-12-29-21)23(27)15-25-24(18-5-6-18)19-7-9-20(28-2)10-8-19/h4,7-11,14,18,24-25H,3,5-6,12-13,15-16H2,1-2H3. The highest BCUT2D eigenvalue weighted by molar-refractivity contribution is 5.78. The Balaban J connectivity index is 1.37. The zero-order valence-electron chi connectivity index (χ0n) is 17.7. The second-order valence-electron chi connectivity index (χ2n) is 7.86. The lowest BCUT2D eigenvalue weighted by atomic mass is 10.0. The van der Waals surface area contributed by atoms with Crippen molar-refractivity contribution in [3.63, 3.8) is 0 Å². The molecule has 1 unspecified atom stereocenters. The Labute approximate surface area is 178 Å². The van der Waals surface area contributed by atoms with E-state index in [-0.39, 0.29) is 11.9 Å². The molecule has 1 atom stereocenters. The third-order valence-corrected chi connectivity index (χ3v) is 5.76. The molecule has 1 fully saturated rings. The van der Waals surface area contributed by atoms with Gasteiger partial charge in [-0.2, -0.15) is 0 Å². The third-order valence-electron chi connectivity index (χ3n) is 5.76. The molecule has 160 valence electrons.